The van der Waals surface area contributed by atoms with Crippen molar-refractivity contribution in [2.45, 2.75) is 59.8 Å². The highest BCUT2D eigenvalue weighted by Gasteiger charge is 2.76. The summed E-state index contributed by atoms with van der Waals surface area (Å²) in [7, 11) is 0. The molecule has 2 heteroatoms. The van der Waals surface area contributed by atoms with Crippen LogP contribution in [0.2, 0.25) is 0 Å². The summed E-state index contributed by atoms with van der Waals surface area (Å²) in [6.45, 7) is 10.1. The summed E-state index contributed by atoms with van der Waals surface area (Å²) in [5.74, 6) is -2.26. The zero-order valence-electron chi connectivity index (χ0n) is 10.5. The second-order valence-electron chi connectivity index (χ2n) is 7.02. The quantitative estimate of drug-likeness (QED) is 0.559. The van der Waals surface area contributed by atoms with Crippen LogP contribution in [0.3, 0.4) is 0 Å². The van der Waals surface area contributed by atoms with Gasteiger partial charge in [-0.1, -0.05) is 34.6 Å². The lowest BCUT2D eigenvalue weighted by molar-refractivity contribution is -0.187. The standard InChI is InChI=1S/C13H22F2/c1-10(2,3)12-7-6-9(11(12,4)5)8-13(12,14)15/h9H,6-8H2,1-5H3. The van der Waals surface area contributed by atoms with Crippen LogP contribution in [0.25, 0.3) is 0 Å². The second kappa shape index (κ2) is 2.57. The molecule has 0 nitrogen and oxygen atoms in total. The Morgan fingerprint density at radius 1 is 1.13 bits per heavy atom. The van der Waals surface area contributed by atoms with Crippen LogP contribution in [0.1, 0.15) is 53.9 Å². The topological polar surface area (TPSA) is 0 Å². The van der Waals surface area contributed by atoms with Crippen molar-refractivity contribution in [1.82, 2.24) is 0 Å². The van der Waals surface area contributed by atoms with Crippen LogP contribution in [0.15, 0.2) is 0 Å². The summed E-state index contributed by atoms with van der Waals surface area (Å²) in [5, 5.41) is 0. The normalized spacial score (nSPS) is 42.2. The maximum absolute atomic E-state index is 14.3. The Hall–Kier alpha value is -0.140. The second-order valence-corrected chi connectivity index (χ2v) is 7.02. The van der Waals surface area contributed by atoms with Crippen LogP contribution in [0.5, 0.6) is 0 Å². The van der Waals surface area contributed by atoms with Crippen molar-refractivity contribution in [2.75, 3.05) is 0 Å². The van der Waals surface area contributed by atoms with Gasteiger partial charge in [-0.2, -0.15) is 0 Å². The maximum atomic E-state index is 14.3. The third-order valence-electron chi connectivity index (χ3n) is 5.40. The molecule has 15 heavy (non-hydrogen) atoms. The van der Waals surface area contributed by atoms with E-state index in [9.17, 15) is 8.78 Å². The molecule has 2 unspecified atom stereocenters. The molecular formula is C13H22F2. The van der Waals surface area contributed by atoms with E-state index in [2.05, 4.69) is 13.8 Å². The van der Waals surface area contributed by atoms with Crippen LogP contribution >= 0.6 is 0 Å². The molecule has 88 valence electrons. The fourth-order valence-electron chi connectivity index (χ4n) is 4.81. The minimum atomic E-state index is -2.47. The van der Waals surface area contributed by atoms with Gasteiger partial charge in [0.15, 0.2) is 0 Å². The molecule has 2 atom stereocenters. The Balaban J connectivity index is 2.59. The number of hydrogen-bond acceptors (Lipinski definition) is 0. The van der Waals surface area contributed by atoms with E-state index in [4.69, 9.17) is 0 Å². The molecule has 0 aliphatic heterocycles. The lowest BCUT2D eigenvalue weighted by Gasteiger charge is -2.51. The fraction of sp³-hybridized carbons (Fsp3) is 1.00. The van der Waals surface area contributed by atoms with Crippen LogP contribution in [-0.2, 0) is 0 Å². The average molecular weight is 216 g/mol. The molecule has 2 rings (SSSR count). The van der Waals surface area contributed by atoms with Gasteiger partial charge in [0.1, 0.15) is 0 Å². The van der Waals surface area contributed by atoms with Gasteiger partial charge in [-0.25, -0.2) is 8.78 Å². The van der Waals surface area contributed by atoms with Gasteiger partial charge >= 0.3 is 0 Å². The van der Waals surface area contributed by atoms with Gasteiger partial charge < -0.3 is 0 Å². The molecule has 0 aromatic heterocycles. The van der Waals surface area contributed by atoms with Gasteiger partial charge in [-0.05, 0) is 29.6 Å². The number of rotatable bonds is 0. The third kappa shape index (κ3) is 1.01. The number of hydrogen-bond donors (Lipinski definition) is 0. The summed E-state index contributed by atoms with van der Waals surface area (Å²) >= 11 is 0. The van der Waals surface area contributed by atoms with Crippen molar-refractivity contribution in [2.24, 2.45) is 22.2 Å². The monoisotopic (exact) mass is 216 g/mol. The van der Waals surface area contributed by atoms with E-state index >= 15 is 0 Å². The zero-order valence-corrected chi connectivity index (χ0v) is 10.5. The van der Waals surface area contributed by atoms with Crippen molar-refractivity contribution in [3.63, 3.8) is 0 Å². The lowest BCUT2D eigenvalue weighted by atomic mass is 9.55. The summed E-state index contributed by atoms with van der Waals surface area (Å²) in [4.78, 5) is 0. The predicted octanol–water partition coefficient (Wildman–Crippen LogP) is 4.49. The van der Waals surface area contributed by atoms with Crippen molar-refractivity contribution < 1.29 is 8.78 Å². The van der Waals surface area contributed by atoms with Crippen molar-refractivity contribution in [3.8, 4) is 0 Å². The van der Waals surface area contributed by atoms with Crippen molar-refractivity contribution >= 4 is 0 Å². The molecular weight excluding hydrogens is 194 g/mol. The Kier molecular flexibility index (Phi) is 1.94. The van der Waals surface area contributed by atoms with Crippen molar-refractivity contribution in [1.29, 1.82) is 0 Å². The average Bonchev–Trinajstić information content (AvgIpc) is 2.30. The van der Waals surface area contributed by atoms with Gasteiger partial charge in [0.2, 0.25) is 0 Å². The zero-order chi connectivity index (χ0) is 11.7. The van der Waals surface area contributed by atoms with Gasteiger partial charge in [0.05, 0.1) is 0 Å². The molecule has 2 fully saturated rings. The van der Waals surface area contributed by atoms with Gasteiger partial charge in [-0.3, -0.25) is 0 Å². The molecule has 0 heterocycles. The summed E-state index contributed by atoms with van der Waals surface area (Å²) in [5.41, 5.74) is -1.32. The molecule has 2 saturated carbocycles. The minimum Gasteiger partial charge on any atom is -0.206 e. The lowest BCUT2D eigenvalue weighted by Crippen LogP contribution is -2.52. The maximum Gasteiger partial charge on any atom is 0.254 e. The summed E-state index contributed by atoms with van der Waals surface area (Å²) in [6.07, 6.45) is 1.79. The Bertz CT molecular complexity index is 285. The fourth-order valence-corrected chi connectivity index (χ4v) is 4.81. The van der Waals surface area contributed by atoms with Crippen LogP contribution in [-0.4, -0.2) is 5.92 Å². The summed E-state index contributed by atoms with van der Waals surface area (Å²) in [6, 6.07) is 0. The Labute approximate surface area is 91.4 Å². The highest BCUT2D eigenvalue weighted by atomic mass is 19.3. The largest absolute Gasteiger partial charge is 0.254 e. The highest BCUT2D eigenvalue weighted by molar-refractivity contribution is 5.19. The van der Waals surface area contributed by atoms with Crippen LogP contribution < -0.4 is 0 Å². The smallest absolute Gasteiger partial charge is 0.206 e. The Morgan fingerprint density at radius 3 is 1.87 bits per heavy atom. The third-order valence-corrected chi connectivity index (χ3v) is 5.40. The van der Waals surface area contributed by atoms with Gasteiger partial charge in [0, 0.05) is 11.8 Å². The summed E-state index contributed by atoms with van der Waals surface area (Å²) < 4.78 is 28.6. The van der Waals surface area contributed by atoms with Crippen LogP contribution in [0.4, 0.5) is 8.78 Å². The molecule has 0 saturated heterocycles. The van der Waals surface area contributed by atoms with Crippen LogP contribution in [0, 0.1) is 22.2 Å². The molecule has 0 spiro atoms. The first-order chi connectivity index (χ1) is 6.56. The van der Waals surface area contributed by atoms with E-state index in [1.807, 2.05) is 20.8 Å². The number of halogens is 2. The number of alkyl halides is 2. The van der Waals surface area contributed by atoms with E-state index < -0.39 is 11.3 Å². The Morgan fingerprint density at radius 2 is 1.67 bits per heavy atom. The van der Waals surface area contributed by atoms with E-state index in [-0.39, 0.29) is 23.2 Å². The first kappa shape index (κ1) is 11.3. The van der Waals surface area contributed by atoms with E-state index in [1.54, 1.807) is 0 Å². The van der Waals surface area contributed by atoms with E-state index in [0.717, 1.165) is 6.42 Å². The predicted molar refractivity (Wildman–Crippen MR) is 58.0 cm³/mol. The number of fused-ring (bicyclic) bond motifs is 2. The molecule has 2 aliphatic rings. The molecule has 0 aromatic rings. The van der Waals surface area contributed by atoms with E-state index in [0.29, 0.717) is 6.42 Å². The molecule has 0 radical (unpaired) electrons. The minimum absolute atomic E-state index is 0.108. The van der Waals surface area contributed by atoms with Crippen molar-refractivity contribution in [3.05, 3.63) is 0 Å². The molecule has 2 bridgehead atoms. The van der Waals surface area contributed by atoms with Gasteiger partial charge in [-0.15, -0.1) is 0 Å². The molecule has 2 aliphatic carbocycles. The molecule has 0 N–H and O–H groups in total. The molecule has 0 amide bonds. The first-order valence-electron chi connectivity index (χ1n) is 5.94. The van der Waals surface area contributed by atoms with E-state index in [1.165, 1.54) is 0 Å². The highest BCUT2D eigenvalue weighted by Crippen LogP contribution is 2.76. The SMILES string of the molecule is CC(C)(C)C12CCC(CC1(F)F)C2(C)C. The molecule has 0 aromatic carbocycles. The van der Waals surface area contributed by atoms with Gasteiger partial charge in [0.25, 0.3) is 5.92 Å². The first-order valence-corrected chi connectivity index (χ1v) is 5.94.